The van der Waals surface area contributed by atoms with E-state index in [1.165, 1.54) is 7.11 Å². The number of carbonyl (C=O) groups is 3. The summed E-state index contributed by atoms with van der Waals surface area (Å²) >= 11 is 0. The van der Waals surface area contributed by atoms with Crippen LogP contribution in [0.3, 0.4) is 0 Å². The van der Waals surface area contributed by atoms with E-state index in [-0.39, 0.29) is 12.8 Å². The van der Waals surface area contributed by atoms with Crippen LogP contribution in [0.4, 0.5) is 0 Å². The fraction of sp³-hybridized carbons (Fsp3) is 0.357. The molecule has 0 spiro atoms. The van der Waals surface area contributed by atoms with Gasteiger partial charge < -0.3 is 20.9 Å². The van der Waals surface area contributed by atoms with E-state index in [1.807, 2.05) is 0 Å². The molecule has 0 aliphatic rings. The third kappa shape index (κ3) is 5.23. The summed E-state index contributed by atoms with van der Waals surface area (Å²) < 4.78 is 4.44. The molecular weight excluding hydrogens is 276 g/mol. The van der Waals surface area contributed by atoms with Crippen molar-refractivity contribution in [1.82, 2.24) is 5.32 Å². The summed E-state index contributed by atoms with van der Waals surface area (Å²) in [6.07, 6.45) is -0.117. The van der Waals surface area contributed by atoms with Gasteiger partial charge >= 0.3 is 11.9 Å². The number of hydrogen-bond donors (Lipinski definition) is 3. The summed E-state index contributed by atoms with van der Waals surface area (Å²) in [7, 11) is 1.22. The van der Waals surface area contributed by atoms with Crippen molar-refractivity contribution in [2.75, 3.05) is 7.11 Å². The van der Waals surface area contributed by atoms with Crippen LogP contribution in [0, 0.1) is 0 Å². The monoisotopic (exact) mass is 294 g/mol. The number of amides is 1. The van der Waals surface area contributed by atoms with Crippen molar-refractivity contribution in [3.63, 3.8) is 0 Å². The molecule has 0 fully saturated rings. The molecule has 1 aromatic rings. The lowest BCUT2D eigenvalue weighted by molar-refractivity contribution is -0.142. The molecule has 0 aliphatic heterocycles. The SMILES string of the molecule is COC(=O)CC[C@H](NC(=O)c1ccc(CN)cc1)C(=O)O. The summed E-state index contributed by atoms with van der Waals surface area (Å²) in [4.78, 5) is 34.1. The molecule has 0 aromatic heterocycles. The van der Waals surface area contributed by atoms with Crippen LogP contribution in [0.15, 0.2) is 24.3 Å². The van der Waals surface area contributed by atoms with Crippen molar-refractivity contribution < 1.29 is 24.2 Å². The van der Waals surface area contributed by atoms with Crippen LogP contribution < -0.4 is 11.1 Å². The van der Waals surface area contributed by atoms with Gasteiger partial charge in [0.15, 0.2) is 0 Å². The number of benzene rings is 1. The number of nitrogens with two attached hydrogens (primary N) is 1. The van der Waals surface area contributed by atoms with E-state index in [0.717, 1.165) is 5.56 Å². The van der Waals surface area contributed by atoms with Crippen molar-refractivity contribution in [1.29, 1.82) is 0 Å². The van der Waals surface area contributed by atoms with Crippen LogP contribution in [0.5, 0.6) is 0 Å². The van der Waals surface area contributed by atoms with Gasteiger partial charge in [0.1, 0.15) is 6.04 Å². The van der Waals surface area contributed by atoms with Gasteiger partial charge in [-0.3, -0.25) is 9.59 Å². The van der Waals surface area contributed by atoms with Crippen LogP contribution in [0.25, 0.3) is 0 Å². The van der Waals surface area contributed by atoms with Gasteiger partial charge in [0.05, 0.1) is 7.11 Å². The highest BCUT2D eigenvalue weighted by Crippen LogP contribution is 2.06. The number of rotatable bonds is 7. The Kier molecular flexibility index (Phi) is 6.35. The molecule has 7 heteroatoms. The number of ether oxygens (including phenoxy) is 1. The number of esters is 1. The van der Waals surface area contributed by atoms with Gasteiger partial charge in [-0.15, -0.1) is 0 Å². The van der Waals surface area contributed by atoms with E-state index in [0.29, 0.717) is 12.1 Å². The van der Waals surface area contributed by atoms with E-state index in [1.54, 1.807) is 24.3 Å². The quantitative estimate of drug-likeness (QED) is 0.622. The normalized spacial score (nSPS) is 11.5. The number of hydrogen-bond acceptors (Lipinski definition) is 5. The van der Waals surface area contributed by atoms with Crippen molar-refractivity contribution in [2.24, 2.45) is 5.73 Å². The molecule has 0 bridgehead atoms. The van der Waals surface area contributed by atoms with Gasteiger partial charge in [-0.25, -0.2) is 4.79 Å². The molecule has 4 N–H and O–H groups in total. The Morgan fingerprint density at radius 3 is 2.38 bits per heavy atom. The lowest BCUT2D eigenvalue weighted by Gasteiger charge is -2.14. The van der Waals surface area contributed by atoms with Crippen molar-refractivity contribution in [3.8, 4) is 0 Å². The van der Waals surface area contributed by atoms with Crippen molar-refractivity contribution >= 4 is 17.8 Å². The number of carbonyl (C=O) groups excluding carboxylic acids is 2. The van der Waals surface area contributed by atoms with Gasteiger partial charge in [-0.05, 0) is 24.1 Å². The largest absolute Gasteiger partial charge is 0.480 e. The molecule has 0 heterocycles. The molecule has 0 aliphatic carbocycles. The molecule has 1 rings (SSSR count). The topological polar surface area (TPSA) is 119 Å². The maximum Gasteiger partial charge on any atom is 0.326 e. The Balaban J connectivity index is 2.66. The van der Waals surface area contributed by atoms with E-state index in [4.69, 9.17) is 10.8 Å². The summed E-state index contributed by atoms with van der Waals surface area (Å²) in [6, 6.07) is 5.37. The zero-order chi connectivity index (χ0) is 15.8. The molecule has 7 nitrogen and oxygen atoms in total. The number of nitrogens with one attached hydrogen (secondary N) is 1. The van der Waals surface area contributed by atoms with Gasteiger partial charge in [-0.1, -0.05) is 12.1 Å². The van der Waals surface area contributed by atoms with Crippen LogP contribution in [-0.2, 0) is 20.9 Å². The van der Waals surface area contributed by atoms with E-state index < -0.39 is 23.9 Å². The lowest BCUT2D eigenvalue weighted by atomic mass is 10.1. The average Bonchev–Trinajstić information content (AvgIpc) is 2.50. The molecule has 1 amide bonds. The predicted octanol–water partition coefficient (Wildman–Crippen LogP) is 0.281. The summed E-state index contributed by atoms with van der Waals surface area (Å²) in [5.41, 5.74) is 6.65. The third-order valence-electron chi connectivity index (χ3n) is 2.92. The highest BCUT2D eigenvalue weighted by atomic mass is 16.5. The standard InChI is InChI=1S/C14H18N2O5/c1-21-12(17)7-6-11(14(19)20)16-13(18)10-4-2-9(8-15)3-5-10/h2-5,11H,6-8,15H2,1H3,(H,16,18)(H,19,20)/t11-/m0/s1. The first kappa shape index (κ1) is 16.6. The zero-order valence-electron chi connectivity index (χ0n) is 11.7. The number of carboxylic acids is 1. The van der Waals surface area contributed by atoms with Gasteiger partial charge in [0.25, 0.3) is 5.91 Å². The predicted molar refractivity (Wildman–Crippen MR) is 74.5 cm³/mol. The molecule has 0 unspecified atom stereocenters. The number of methoxy groups -OCH3 is 1. The zero-order valence-corrected chi connectivity index (χ0v) is 11.7. The first-order valence-electron chi connectivity index (χ1n) is 6.37. The van der Waals surface area contributed by atoms with Crippen LogP contribution in [0.1, 0.15) is 28.8 Å². The second-order valence-corrected chi connectivity index (χ2v) is 4.38. The molecule has 0 radical (unpaired) electrons. The van der Waals surface area contributed by atoms with Crippen LogP contribution in [-0.4, -0.2) is 36.1 Å². The average molecular weight is 294 g/mol. The Hall–Kier alpha value is -2.41. The number of carboxylic acid groups (broad SMARTS) is 1. The Labute approximate surface area is 122 Å². The second-order valence-electron chi connectivity index (χ2n) is 4.38. The van der Waals surface area contributed by atoms with Gasteiger partial charge in [0.2, 0.25) is 0 Å². The van der Waals surface area contributed by atoms with E-state index in [2.05, 4.69) is 10.1 Å². The third-order valence-corrected chi connectivity index (χ3v) is 2.92. The van der Waals surface area contributed by atoms with Gasteiger partial charge in [-0.2, -0.15) is 0 Å². The van der Waals surface area contributed by atoms with Crippen LogP contribution >= 0.6 is 0 Å². The maximum atomic E-state index is 12.0. The molecule has 0 saturated heterocycles. The fourth-order valence-electron chi connectivity index (χ4n) is 1.66. The minimum atomic E-state index is -1.20. The molecule has 114 valence electrons. The Morgan fingerprint density at radius 2 is 1.90 bits per heavy atom. The van der Waals surface area contributed by atoms with Crippen molar-refractivity contribution in [3.05, 3.63) is 35.4 Å². The van der Waals surface area contributed by atoms with Crippen LogP contribution in [0.2, 0.25) is 0 Å². The molecule has 0 saturated carbocycles. The summed E-state index contributed by atoms with van der Waals surface area (Å²) in [5, 5.41) is 11.4. The van der Waals surface area contributed by atoms with E-state index >= 15 is 0 Å². The maximum absolute atomic E-state index is 12.0. The number of aliphatic carboxylic acids is 1. The fourth-order valence-corrected chi connectivity index (χ4v) is 1.66. The molecule has 1 aromatic carbocycles. The first-order chi connectivity index (χ1) is 9.97. The molecular formula is C14H18N2O5. The highest BCUT2D eigenvalue weighted by Gasteiger charge is 2.21. The lowest BCUT2D eigenvalue weighted by Crippen LogP contribution is -2.41. The smallest absolute Gasteiger partial charge is 0.326 e. The minimum Gasteiger partial charge on any atom is -0.480 e. The second kappa shape index (κ2) is 8.01. The van der Waals surface area contributed by atoms with Gasteiger partial charge in [0, 0.05) is 18.5 Å². The first-order valence-corrected chi connectivity index (χ1v) is 6.37. The summed E-state index contributed by atoms with van der Waals surface area (Å²) in [6.45, 7) is 0.360. The highest BCUT2D eigenvalue weighted by molar-refractivity contribution is 5.96. The minimum absolute atomic E-state index is 0.0331. The molecule has 1 atom stereocenters. The molecule has 21 heavy (non-hydrogen) atoms. The van der Waals surface area contributed by atoms with E-state index in [9.17, 15) is 14.4 Å². The van der Waals surface area contributed by atoms with Crippen molar-refractivity contribution in [2.45, 2.75) is 25.4 Å². The Morgan fingerprint density at radius 1 is 1.29 bits per heavy atom. The Bertz CT molecular complexity index is 513. The summed E-state index contributed by atoms with van der Waals surface area (Å²) in [5.74, 6) is -2.25.